The number of rotatable bonds is 26. The fourth-order valence-corrected chi connectivity index (χ4v) is 8.26. The van der Waals surface area contributed by atoms with Crippen LogP contribution in [0.25, 0.3) is 0 Å². The van der Waals surface area contributed by atoms with Crippen molar-refractivity contribution < 1.29 is 61.1 Å². The molecular formula is C59H63F2N3O11. The maximum absolute atomic E-state index is 18.0. The summed E-state index contributed by atoms with van der Waals surface area (Å²) in [6.45, 7) is 2.20. The zero-order valence-electron chi connectivity index (χ0n) is 41.8. The van der Waals surface area contributed by atoms with Crippen molar-refractivity contribution in [2.75, 3.05) is 6.61 Å². The summed E-state index contributed by atoms with van der Waals surface area (Å²) in [4.78, 5) is 54.1. The van der Waals surface area contributed by atoms with Crippen molar-refractivity contribution in [3.8, 4) is 0 Å². The van der Waals surface area contributed by atoms with E-state index in [0.717, 1.165) is 22.3 Å². The molecule has 0 aromatic heterocycles. The van der Waals surface area contributed by atoms with Crippen molar-refractivity contribution >= 4 is 23.9 Å². The molecule has 3 N–H and O–H groups in total. The molecule has 1 heterocycles. The minimum absolute atomic E-state index is 0.0268. The number of alkyl carbamates (subject to hydrolysis) is 1. The molecule has 1 aliphatic heterocycles. The Balaban J connectivity index is 1.18. The quantitative estimate of drug-likeness (QED) is 0.0444. The minimum atomic E-state index is -4.02. The van der Waals surface area contributed by atoms with Gasteiger partial charge in [-0.2, -0.15) is 0 Å². The summed E-state index contributed by atoms with van der Waals surface area (Å²) in [6, 6.07) is 49.9. The molecule has 8 atom stereocenters. The number of hydrogen-bond acceptors (Lipinski definition) is 11. The van der Waals surface area contributed by atoms with Crippen LogP contribution in [0.15, 0.2) is 182 Å². The van der Waals surface area contributed by atoms with Crippen LogP contribution < -0.4 is 16.0 Å². The Morgan fingerprint density at radius 1 is 0.480 bits per heavy atom. The molecule has 16 heteroatoms. The van der Waals surface area contributed by atoms with Gasteiger partial charge >= 0.3 is 12.1 Å². The molecule has 1 aliphatic rings. The molecule has 394 valence electrons. The lowest BCUT2D eigenvalue weighted by Crippen LogP contribution is -2.66. The summed E-state index contributed by atoms with van der Waals surface area (Å²) in [7, 11) is 0. The number of alkyl halides is 2. The van der Waals surface area contributed by atoms with E-state index in [1.807, 2.05) is 103 Å². The van der Waals surface area contributed by atoms with E-state index < -0.39 is 84.9 Å². The van der Waals surface area contributed by atoms with E-state index in [0.29, 0.717) is 11.1 Å². The summed E-state index contributed by atoms with van der Waals surface area (Å²) in [5.74, 6) is -6.75. The third kappa shape index (κ3) is 17.4. The molecule has 7 rings (SSSR count). The molecule has 0 radical (unpaired) electrons. The molecule has 1 fully saturated rings. The van der Waals surface area contributed by atoms with E-state index in [1.165, 1.54) is 13.8 Å². The van der Waals surface area contributed by atoms with Gasteiger partial charge in [0.15, 0.2) is 6.10 Å². The van der Waals surface area contributed by atoms with Crippen molar-refractivity contribution in [1.82, 2.24) is 16.0 Å². The second-order valence-electron chi connectivity index (χ2n) is 18.2. The number of carbonyl (C=O) groups is 4. The average Bonchev–Trinajstić information content (AvgIpc) is 3.43. The second-order valence-corrected chi connectivity index (χ2v) is 18.2. The number of amides is 3. The highest BCUT2D eigenvalue weighted by molar-refractivity contribution is 5.92. The van der Waals surface area contributed by atoms with Crippen molar-refractivity contribution in [2.45, 2.75) is 114 Å². The van der Waals surface area contributed by atoms with E-state index in [2.05, 4.69) is 16.0 Å². The lowest BCUT2D eigenvalue weighted by Gasteiger charge is -2.48. The highest BCUT2D eigenvalue weighted by atomic mass is 19.3. The first-order valence-corrected chi connectivity index (χ1v) is 24.8. The Bertz CT molecular complexity index is 2660. The molecule has 6 aromatic rings. The van der Waals surface area contributed by atoms with Gasteiger partial charge in [0, 0.05) is 6.42 Å². The standard InChI is InChI=1S/C59H63F2N3O11/c1-41(55(65)63-42(2)57(67)73-38-47-29-17-7-18-30-47)62-56(66)49(64-58(68)74-39-48-31-19-8-20-32-48)33-59(60,61)54-53(72-37-46-27-15-6-16-28-46)52(71-36-45-25-13-5-14-26-45)51(70-35-44-23-11-4-12-24-44)50(75-54)40-69-34-43-21-9-3-10-22-43/h3-32,41-42,49-54H,33-40H2,1-2H3,(H,62,66)(H,63,65)(H,64,68)/t41-,42-,49?,50+,51-,52-,53+,54+/m0/s1. The number of carbonyl (C=O) groups excluding carboxylic acids is 4. The molecule has 0 saturated carbocycles. The summed E-state index contributed by atoms with van der Waals surface area (Å²) < 4.78 is 79.3. The Morgan fingerprint density at radius 3 is 1.33 bits per heavy atom. The van der Waals surface area contributed by atoms with Crippen molar-refractivity contribution in [3.63, 3.8) is 0 Å². The first kappa shape index (κ1) is 55.4. The van der Waals surface area contributed by atoms with E-state index in [4.69, 9.17) is 33.2 Å². The fourth-order valence-electron chi connectivity index (χ4n) is 8.26. The maximum atomic E-state index is 18.0. The average molecular weight is 1030 g/mol. The molecule has 14 nitrogen and oxygen atoms in total. The molecule has 1 saturated heterocycles. The van der Waals surface area contributed by atoms with Gasteiger partial charge in [0.05, 0.1) is 33.0 Å². The van der Waals surface area contributed by atoms with Crippen molar-refractivity contribution in [2.24, 2.45) is 0 Å². The lowest BCUT2D eigenvalue weighted by molar-refractivity contribution is -0.311. The molecule has 0 aliphatic carbocycles. The van der Waals surface area contributed by atoms with Gasteiger partial charge in [-0.05, 0) is 47.2 Å². The van der Waals surface area contributed by atoms with Crippen LogP contribution >= 0.6 is 0 Å². The molecular weight excluding hydrogens is 965 g/mol. The van der Waals surface area contributed by atoms with Gasteiger partial charge in [0.1, 0.15) is 55.8 Å². The van der Waals surface area contributed by atoms with Crippen LogP contribution in [0.3, 0.4) is 0 Å². The Kier molecular flexibility index (Phi) is 21.0. The molecule has 0 bridgehead atoms. The van der Waals surface area contributed by atoms with E-state index in [-0.39, 0.29) is 46.2 Å². The number of esters is 1. The Morgan fingerprint density at radius 2 is 0.867 bits per heavy atom. The Labute approximate surface area is 436 Å². The van der Waals surface area contributed by atoms with Gasteiger partial charge in [0.25, 0.3) is 5.92 Å². The van der Waals surface area contributed by atoms with Gasteiger partial charge in [-0.3, -0.25) is 9.59 Å². The molecule has 6 aromatic carbocycles. The number of benzene rings is 6. The van der Waals surface area contributed by atoms with E-state index >= 15 is 8.78 Å². The topological polar surface area (TPSA) is 169 Å². The monoisotopic (exact) mass is 1030 g/mol. The third-order valence-electron chi connectivity index (χ3n) is 12.3. The largest absolute Gasteiger partial charge is 0.459 e. The van der Waals surface area contributed by atoms with Gasteiger partial charge in [-0.15, -0.1) is 0 Å². The van der Waals surface area contributed by atoms with Crippen LogP contribution in [0, 0.1) is 0 Å². The molecule has 0 spiro atoms. The summed E-state index contributed by atoms with van der Waals surface area (Å²) in [6.07, 6.45) is -9.79. The highest BCUT2D eigenvalue weighted by Crippen LogP contribution is 2.40. The second kappa shape index (κ2) is 28.4. The highest BCUT2D eigenvalue weighted by Gasteiger charge is 2.58. The van der Waals surface area contributed by atoms with E-state index in [1.54, 1.807) is 78.9 Å². The molecule has 75 heavy (non-hydrogen) atoms. The normalized spacial score (nSPS) is 18.6. The van der Waals surface area contributed by atoms with Gasteiger partial charge in [-0.25, -0.2) is 18.4 Å². The first-order valence-electron chi connectivity index (χ1n) is 24.8. The minimum Gasteiger partial charge on any atom is -0.459 e. The van der Waals surface area contributed by atoms with Gasteiger partial charge in [0.2, 0.25) is 11.8 Å². The van der Waals surface area contributed by atoms with Gasteiger partial charge < -0.3 is 49.1 Å². The Hall–Kier alpha value is -7.34. The zero-order valence-corrected chi connectivity index (χ0v) is 41.8. The van der Waals surface area contributed by atoms with E-state index in [9.17, 15) is 19.2 Å². The number of halogens is 2. The SMILES string of the molecule is C[C@H](NC(=O)C(CC(F)(F)[C@@H]1O[C@H](COCc2ccccc2)[C@H](OCc2ccccc2)[C@H](OCc2ccccc2)[C@H]1OCc1ccccc1)NC(=O)OCc1ccccc1)C(=O)N[C@@H](C)C(=O)OCc1ccccc1. The maximum Gasteiger partial charge on any atom is 0.408 e. The number of hydrogen-bond donors (Lipinski definition) is 3. The molecule has 1 unspecified atom stereocenters. The predicted molar refractivity (Wildman–Crippen MR) is 274 cm³/mol. The van der Waals surface area contributed by atoms with Crippen LogP contribution in [-0.4, -0.2) is 85.1 Å². The summed E-state index contributed by atoms with van der Waals surface area (Å²) in [5.41, 5.74) is 4.38. The fraction of sp³-hybridized carbons (Fsp3) is 0.322. The smallest absolute Gasteiger partial charge is 0.408 e. The zero-order chi connectivity index (χ0) is 52.8. The van der Waals surface area contributed by atoms with Crippen LogP contribution in [-0.2, 0) is 87.2 Å². The van der Waals surface area contributed by atoms with Crippen LogP contribution in [0.5, 0.6) is 0 Å². The lowest BCUT2D eigenvalue weighted by atomic mass is 9.88. The molecule has 3 amide bonds. The van der Waals surface area contributed by atoms with Crippen LogP contribution in [0.4, 0.5) is 13.6 Å². The first-order chi connectivity index (χ1) is 36.4. The number of ether oxygens (including phenoxy) is 7. The van der Waals surface area contributed by atoms with Crippen LogP contribution in [0.2, 0.25) is 0 Å². The van der Waals surface area contributed by atoms with Crippen molar-refractivity contribution in [1.29, 1.82) is 0 Å². The summed E-state index contributed by atoms with van der Waals surface area (Å²) >= 11 is 0. The van der Waals surface area contributed by atoms with Gasteiger partial charge in [-0.1, -0.05) is 182 Å². The third-order valence-corrected chi connectivity index (χ3v) is 12.3. The van der Waals surface area contributed by atoms with Crippen molar-refractivity contribution in [3.05, 3.63) is 215 Å². The number of nitrogens with one attached hydrogen (secondary N) is 3. The predicted octanol–water partition coefficient (Wildman–Crippen LogP) is 8.80. The van der Waals surface area contributed by atoms with Crippen LogP contribution in [0.1, 0.15) is 53.6 Å². The summed E-state index contributed by atoms with van der Waals surface area (Å²) in [5, 5.41) is 7.26.